The highest BCUT2D eigenvalue weighted by molar-refractivity contribution is 6.01. The van der Waals surface area contributed by atoms with E-state index in [4.69, 9.17) is 19.6 Å². The van der Waals surface area contributed by atoms with Crippen LogP contribution in [0.1, 0.15) is 41.2 Å². The van der Waals surface area contributed by atoms with Gasteiger partial charge in [-0.1, -0.05) is 78.9 Å². The highest BCUT2D eigenvalue weighted by Crippen LogP contribution is 2.43. The number of benzene rings is 4. The highest BCUT2D eigenvalue weighted by Gasteiger charge is 2.52. The van der Waals surface area contributed by atoms with Crippen molar-refractivity contribution in [2.45, 2.75) is 31.0 Å². The van der Waals surface area contributed by atoms with E-state index < -0.39 is 29.2 Å². The summed E-state index contributed by atoms with van der Waals surface area (Å²) in [6.07, 6.45) is 3.72. The number of halogens is 2. The van der Waals surface area contributed by atoms with E-state index in [0.717, 1.165) is 23.3 Å². The van der Waals surface area contributed by atoms with Crippen molar-refractivity contribution in [1.29, 1.82) is 0 Å². The minimum absolute atomic E-state index is 0.0419. The zero-order valence-electron chi connectivity index (χ0n) is 23.5. The Balaban J connectivity index is 1.51. The van der Waals surface area contributed by atoms with Gasteiger partial charge in [-0.2, -0.15) is 0 Å². The fourth-order valence-corrected chi connectivity index (χ4v) is 4.88. The molecule has 4 aromatic rings. The number of hydrogen-bond acceptors (Lipinski definition) is 5. The van der Waals surface area contributed by atoms with Gasteiger partial charge < -0.3 is 19.9 Å². The van der Waals surface area contributed by atoms with Crippen LogP contribution < -0.4 is 10.1 Å². The molecule has 0 unspecified atom stereocenters. The first-order valence-electron chi connectivity index (χ1n) is 14.1. The van der Waals surface area contributed by atoms with E-state index in [0.29, 0.717) is 24.3 Å². The Morgan fingerprint density at radius 3 is 2.40 bits per heavy atom. The number of ether oxygens (including phenoxy) is 2. The number of rotatable bonds is 12. The van der Waals surface area contributed by atoms with E-state index in [1.165, 1.54) is 6.07 Å². The largest absolute Gasteiger partial charge is 0.494 e. The first kappa shape index (κ1) is 29.7. The molecule has 2 atom stereocenters. The number of carbonyl (C=O) groups excluding carboxylic acids is 1. The molecule has 0 spiro atoms. The summed E-state index contributed by atoms with van der Waals surface area (Å²) >= 11 is 0. The zero-order valence-corrected chi connectivity index (χ0v) is 23.5. The molecule has 0 bridgehead atoms. The second-order valence-electron chi connectivity index (χ2n) is 10.1. The van der Waals surface area contributed by atoms with Crippen LogP contribution in [0, 0.1) is 11.6 Å². The number of aliphatic hydroxyl groups excluding tert-OH is 1. The molecule has 220 valence electrons. The van der Waals surface area contributed by atoms with Crippen molar-refractivity contribution in [1.82, 2.24) is 5.32 Å². The van der Waals surface area contributed by atoms with Crippen LogP contribution in [0.15, 0.2) is 114 Å². The van der Waals surface area contributed by atoms with Crippen LogP contribution in [-0.4, -0.2) is 35.7 Å². The van der Waals surface area contributed by atoms with E-state index in [1.807, 2.05) is 72.8 Å². The average Bonchev–Trinajstić information content (AvgIpc) is 3.43. The van der Waals surface area contributed by atoms with Gasteiger partial charge in [-0.3, -0.25) is 4.79 Å². The molecule has 2 N–H and O–H groups in total. The summed E-state index contributed by atoms with van der Waals surface area (Å²) in [6, 6.07) is 29.5. The molecular weight excluding hydrogens is 550 g/mol. The number of hydrogen-bond donors (Lipinski definition) is 2. The van der Waals surface area contributed by atoms with Crippen LogP contribution in [0.5, 0.6) is 5.75 Å². The smallest absolute Gasteiger partial charge is 0.252 e. The molecule has 1 aliphatic rings. The van der Waals surface area contributed by atoms with Gasteiger partial charge in [0.1, 0.15) is 17.4 Å². The molecule has 1 heterocycles. The highest BCUT2D eigenvalue weighted by atomic mass is 19.1. The molecule has 0 aliphatic carbocycles. The summed E-state index contributed by atoms with van der Waals surface area (Å²) in [4.78, 5) is 19.1. The van der Waals surface area contributed by atoms with E-state index in [-0.39, 0.29) is 31.0 Å². The first-order chi connectivity index (χ1) is 21.0. The van der Waals surface area contributed by atoms with Crippen LogP contribution in [0.3, 0.4) is 0 Å². The van der Waals surface area contributed by atoms with Crippen LogP contribution >= 0.6 is 0 Å². The standard InChI is InChI=1S/C35H32F2N2O4/c36-29-17-14-28(31(37)23-29)24-38-34(41)35(20-7-11-25-9-3-1-4-10-25)32(26-12-5-2-6-13-26)43-33(39-35)27-15-18-30(19-16-27)42-22-8-21-40/h1-7,9-19,23,32,40H,8,20-22,24H2,(H,38,41)/b11-7+/t32-,35-/m1/s1. The number of nitrogens with zero attached hydrogens (tertiary/aromatic N) is 1. The monoisotopic (exact) mass is 582 g/mol. The van der Waals surface area contributed by atoms with Gasteiger partial charge in [-0.05, 0) is 41.5 Å². The Morgan fingerprint density at radius 2 is 1.70 bits per heavy atom. The Labute approximate surface area is 249 Å². The minimum atomic E-state index is -1.44. The van der Waals surface area contributed by atoms with Crippen molar-refractivity contribution in [3.05, 3.63) is 143 Å². The van der Waals surface area contributed by atoms with Gasteiger partial charge in [0, 0.05) is 43.2 Å². The maximum absolute atomic E-state index is 14.4. The molecular formula is C35H32F2N2O4. The molecule has 0 radical (unpaired) electrons. The quantitative estimate of drug-likeness (QED) is 0.190. The Bertz CT molecular complexity index is 1580. The lowest BCUT2D eigenvalue weighted by atomic mass is 9.84. The molecule has 5 rings (SSSR count). The molecule has 0 fully saturated rings. The van der Waals surface area contributed by atoms with Crippen LogP contribution in [0.2, 0.25) is 0 Å². The van der Waals surface area contributed by atoms with E-state index in [9.17, 15) is 13.6 Å². The van der Waals surface area contributed by atoms with Gasteiger partial charge in [0.15, 0.2) is 11.6 Å². The van der Waals surface area contributed by atoms with Gasteiger partial charge in [-0.25, -0.2) is 13.8 Å². The maximum atomic E-state index is 14.4. The predicted molar refractivity (Wildman–Crippen MR) is 161 cm³/mol. The van der Waals surface area contributed by atoms with Gasteiger partial charge >= 0.3 is 0 Å². The van der Waals surface area contributed by atoms with Crippen LogP contribution in [0.4, 0.5) is 8.78 Å². The summed E-state index contributed by atoms with van der Waals surface area (Å²) in [7, 11) is 0. The van der Waals surface area contributed by atoms with Crippen LogP contribution in [-0.2, 0) is 16.1 Å². The Kier molecular flexibility index (Phi) is 9.59. The molecule has 4 aromatic carbocycles. The molecule has 8 heteroatoms. The van der Waals surface area contributed by atoms with Crippen molar-refractivity contribution < 1.29 is 28.2 Å². The van der Waals surface area contributed by atoms with Crippen molar-refractivity contribution in [3.8, 4) is 5.75 Å². The lowest BCUT2D eigenvalue weighted by Gasteiger charge is -2.30. The van der Waals surface area contributed by atoms with Crippen molar-refractivity contribution >= 4 is 17.9 Å². The molecule has 0 saturated carbocycles. The zero-order chi connectivity index (χ0) is 30.1. The van der Waals surface area contributed by atoms with Crippen molar-refractivity contribution in [3.63, 3.8) is 0 Å². The summed E-state index contributed by atoms with van der Waals surface area (Å²) in [5.74, 6) is -0.978. The second kappa shape index (κ2) is 13.9. The van der Waals surface area contributed by atoms with Gasteiger partial charge in [0.25, 0.3) is 5.91 Å². The van der Waals surface area contributed by atoms with Crippen molar-refractivity contribution in [2.24, 2.45) is 4.99 Å². The topological polar surface area (TPSA) is 80.2 Å². The van der Waals surface area contributed by atoms with E-state index in [2.05, 4.69) is 5.32 Å². The lowest BCUT2D eigenvalue weighted by molar-refractivity contribution is -0.129. The summed E-state index contributed by atoms with van der Waals surface area (Å²) in [6.45, 7) is 0.274. The fourth-order valence-electron chi connectivity index (χ4n) is 4.88. The number of carbonyl (C=O) groups is 1. The van der Waals surface area contributed by atoms with Crippen molar-refractivity contribution in [2.75, 3.05) is 13.2 Å². The first-order valence-corrected chi connectivity index (χ1v) is 14.1. The number of aliphatic imine (C=N–C) groups is 1. The SMILES string of the molecule is O=C(NCc1ccc(F)cc1F)[C@]1(C/C=C/c2ccccc2)N=C(c2ccc(OCCCO)cc2)O[C@@H]1c1ccccc1. The van der Waals surface area contributed by atoms with Crippen LogP contribution in [0.25, 0.3) is 6.08 Å². The average molecular weight is 583 g/mol. The van der Waals surface area contributed by atoms with Gasteiger partial charge in [0.2, 0.25) is 5.90 Å². The number of amides is 1. The summed E-state index contributed by atoms with van der Waals surface area (Å²) < 4.78 is 40.0. The molecule has 6 nitrogen and oxygen atoms in total. The molecule has 0 saturated heterocycles. The van der Waals surface area contributed by atoms with Gasteiger partial charge in [-0.15, -0.1) is 0 Å². The predicted octanol–water partition coefficient (Wildman–Crippen LogP) is 6.40. The third-order valence-corrected chi connectivity index (χ3v) is 7.13. The number of aliphatic hydroxyl groups is 1. The Hall–Kier alpha value is -4.82. The fraction of sp³-hybridized carbons (Fsp3) is 0.200. The minimum Gasteiger partial charge on any atom is -0.494 e. The summed E-state index contributed by atoms with van der Waals surface area (Å²) in [5.41, 5.74) is 1.08. The lowest BCUT2D eigenvalue weighted by Crippen LogP contribution is -2.47. The van der Waals surface area contributed by atoms with Gasteiger partial charge in [0.05, 0.1) is 6.61 Å². The third kappa shape index (κ3) is 7.16. The van der Waals surface area contributed by atoms with E-state index in [1.54, 1.807) is 24.3 Å². The molecule has 1 aliphatic heterocycles. The maximum Gasteiger partial charge on any atom is 0.252 e. The number of nitrogens with one attached hydrogen (secondary N) is 1. The third-order valence-electron chi connectivity index (χ3n) is 7.13. The van der Waals surface area contributed by atoms with E-state index >= 15 is 0 Å². The second-order valence-corrected chi connectivity index (χ2v) is 10.1. The molecule has 0 aromatic heterocycles. The normalized spacial score (nSPS) is 17.8. The molecule has 1 amide bonds. The molecule has 43 heavy (non-hydrogen) atoms. The Morgan fingerprint density at radius 1 is 0.977 bits per heavy atom. The summed E-state index contributed by atoms with van der Waals surface area (Å²) in [5, 5.41) is 11.9.